The molecule has 3 heterocycles. The van der Waals surface area contributed by atoms with Crippen LogP contribution in [0.5, 0.6) is 0 Å². The smallest absolute Gasteiger partial charge is 0.308 e. The molecule has 3 aliphatic heterocycles. The number of allylic oxidation sites excluding steroid dienone is 2. The summed E-state index contributed by atoms with van der Waals surface area (Å²) in [7, 11) is 0. The van der Waals surface area contributed by atoms with Crippen molar-refractivity contribution >= 4 is 17.8 Å². The highest BCUT2D eigenvalue weighted by molar-refractivity contribution is 5.87. The topological polar surface area (TPSA) is 136 Å². The third-order valence-electron chi connectivity index (χ3n) is 8.33. The first-order chi connectivity index (χ1) is 20.3. The zero-order valence-electron chi connectivity index (χ0n) is 26.8. The van der Waals surface area contributed by atoms with Crippen LogP contribution in [0.3, 0.4) is 0 Å². The molecule has 43 heavy (non-hydrogen) atoms. The van der Waals surface area contributed by atoms with E-state index in [0.717, 1.165) is 18.4 Å². The van der Waals surface area contributed by atoms with Gasteiger partial charge in [-0.2, -0.15) is 0 Å². The molecule has 0 bridgehead atoms. The Morgan fingerprint density at radius 3 is 2.51 bits per heavy atom. The minimum atomic E-state index is -0.783. The van der Waals surface area contributed by atoms with Gasteiger partial charge in [-0.05, 0) is 52.0 Å². The highest BCUT2D eigenvalue weighted by atomic mass is 16.6. The van der Waals surface area contributed by atoms with Crippen LogP contribution in [-0.4, -0.2) is 84.3 Å². The summed E-state index contributed by atoms with van der Waals surface area (Å²) in [5.74, 6) is -0.592. The van der Waals surface area contributed by atoms with Crippen LogP contribution < -0.4 is 10.6 Å². The van der Waals surface area contributed by atoms with Crippen LogP contribution >= 0.6 is 0 Å². The molecule has 10 heteroatoms. The Morgan fingerprint density at radius 2 is 1.86 bits per heavy atom. The number of amides is 2. The standard InChI is InChI=1S/C33H52N2O8/c1-8-15-34-30(37)17-25-18-33(19-40-33)31(38)28(43-25)13-10-21(4)9-12-27-22(5)16-26(24(7)42-27)35-29(36)14-11-23(6)41-32(39)20(2)3/h9-11,13-14,20,22-28,31,38H,8,12,15-19H2,1-7H3,(H,34,37)(H,35,36)/b13-10+,14-11-,21-9+/t22-,23-,24+,25+,26+,27-,28+,31+,33?/m0/s1. The number of aliphatic hydroxyl groups is 1. The second-order valence-electron chi connectivity index (χ2n) is 12.7. The molecule has 10 nitrogen and oxygen atoms in total. The van der Waals surface area contributed by atoms with E-state index in [1.807, 2.05) is 32.9 Å². The van der Waals surface area contributed by atoms with Gasteiger partial charge < -0.3 is 34.7 Å². The fourth-order valence-electron chi connectivity index (χ4n) is 5.49. The average Bonchev–Trinajstić information content (AvgIpc) is 3.72. The number of carbonyl (C=O) groups excluding carboxylic acids is 3. The Bertz CT molecular complexity index is 1050. The molecule has 3 N–H and O–H groups in total. The Labute approximate surface area is 256 Å². The van der Waals surface area contributed by atoms with E-state index in [-0.39, 0.29) is 60.4 Å². The van der Waals surface area contributed by atoms with Gasteiger partial charge in [0.05, 0.1) is 43.3 Å². The first-order valence-electron chi connectivity index (χ1n) is 15.8. The van der Waals surface area contributed by atoms with Gasteiger partial charge >= 0.3 is 5.97 Å². The number of aliphatic hydroxyl groups excluding tert-OH is 1. The molecule has 9 atom stereocenters. The number of esters is 1. The van der Waals surface area contributed by atoms with Crippen molar-refractivity contribution < 1.29 is 38.4 Å². The summed E-state index contributed by atoms with van der Waals surface area (Å²) in [6.07, 6.45) is 9.72. The van der Waals surface area contributed by atoms with E-state index in [1.165, 1.54) is 6.08 Å². The minimum absolute atomic E-state index is 0.00294. The molecular weight excluding hydrogens is 552 g/mol. The molecule has 0 aromatic carbocycles. The second-order valence-corrected chi connectivity index (χ2v) is 12.7. The SMILES string of the molecule is CCCNC(=O)C[C@@H]1CC2(CO2)[C@H](O)[C@@H](/C=C/C(C)=C/C[C@@H]2O[C@H](C)[C@H](NC(=O)/C=C\[C@H](C)OC(=O)C(C)C)C[C@@H]2C)O1. The highest BCUT2D eigenvalue weighted by Gasteiger charge is 2.58. The van der Waals surface area contributed by atoms with Crippen LogP contribution in [0.25, 0.3) is 0 Å². The molecule has 242 valence electrons. The van der Waals surface area contributed by atoms with Crippen LogP contribution in [-0.2, 0) is 33.3 Å². The normalized spacial score (nSPS) is 33.6. The highest BCUT2D eigenvalue weighted by Crippen LogP contribution is 2.43. The van der Waals surface area contributed by atoms with Crippen LogP contribution in [0.2, 0.25) is 0 Å². The van der Waals surface area contributed by atoms with E-state index in [4.69, 9.17) is 18.9 Å². The first-order valence-corrected chi connectivity index (χ1v) is 15.8. The van der Waals surface area contributed by atoms with E-state index < -0.39 is 23.9 Å². The van der Waals surface area contributed by atoms with Gasteiger partial charge in [0.1, 0.15) is 23.9 Å². The van der Waals surface area contributed by atoms with Crippen molar-refractivity contribution in [1.29, 1.82) is 0 Å². The van der Waals surface area contributed by atoms with Crippen molar-refractivity contribution in [3.05, 3.63) is 36.0 Å². The van der Waals surface area contributed by atoms with E-state index in [2.05, 4.69) is 23.6 Å². The van der Waals surface area contributed by atoms with Gasteiger partial charge in [-0.25, -0.2) is 0 Å². The Hall–Kier alpha value is -2.53. The zero-order valence-corrected chi connectivity index (χ0v) is 26.8. The molecule has 0 aliphatic carbocycles. The lowest BCUT2D eigenvalue weighted by atomic mass is 9.87. The molecule has 3 rings (SSSR count). The minimum Gasteiger partial charge on any atom is -0.458 e. The summed E-state index contributed by atoms with van der Waals surface area (Å²) in [5.41, 5.74) is 0.392. The summed E-state index contributed by atoms with van der Waals surface area (Å²) >= 11 is 0. The van der Waals surface area contributed by atoms with Crippen molar-refractivity contribution in [3.63, 3.8) is 0 Å². The maximum atomic E-state index is 12.5. The lowest BCUT2D eigenvalue weighted by molar-refractivity contribution is -0.150. The van der Waals surface area contributed by atoms with E-state index in [1.54, 1.807) is 26.8 Å². The van der Waals surface area contributed by atoms with E-state index in [0.29, 0.717) is 26.0 Å². The average molecular weight is 605 g/mol. The zero-order chi connectivity index (χ0) is 31.7. The fourth-order valence-corrected chi connectivity index (χ4v) is 5.49. The number of epoxide rings is 1. The van der Waals surface area contributed by atoms with Gasteiger partial charge in [-0.15, -0.1) is 0 Å². The van der Waals surface area contributed by atoms with Crippen LogP contribution in [0, 0.1) is 11.8 Å². The van der Waals surface area contributed by atoms with Crippen LogP contribution in [0.1, 0.15) is 80.6 Å². The molecule has 0 aromatic rings. The number of carbonyl (C=O) groups is 3. The molecule has 3 aliphatic rings. The molecule has 0 radical (unpaired) electrons. The van der Waals surface area contributed by atoms with Crippen LogP contribution in [0.15, 0.2) is 36.0 Å². The maximum Gasteiger partial charge on any atom is 0.308 e. The maximum absolute atomic E-state index is 12.5. The molecular formula is C33H52N2O8. The van der Waals surface area contributed by atoms with Gasteiger partial charge in [-0.1, -0.05) is 51.5 Å². The van der Waals surface area contributed by atoms with Crippen LogP contribution in [0.4, 0.5) is 0 Å². The fraction of sp³-hybridized carbons (Fsp3) is 0.727. The molecule has 3 fully saturated rings. The number of rotatable bonds is 13. The number of hydrogen-bond acceptors (Lipinski definition) is 8. The summed E-state index contributed by atoms with van der Waals surface area (Å²) in [5, 5.41) is 16.8. The molecule has 0 aromatic heterocycles. The quantitative estimate of drug-likeness (QED) is 0.126. The molecule has 2 amide bonds. The van der Waals surface area contributed by atoms with Gasteiger partial charge in [0.15, 0.2) is 0 Å². The first kappa shape index (κ1) is 35.0. The molecule has 1 spiro atoms. The summed E-state index contributed by atoms with van der Waals surface area (Å²) in [6.45, 7) is 14.5. The lowest BCUT2D eigenvalue weighted by Crippen LogP contribution is -2.50. The predicted molar refractivity (Wildman–Crippen MR) is 163 cm³/mol. The van der Waals surface area contributed by atoms with Crippen molar-refractivity contribution in [2.24, 2.45) is 11.8 Å². The number of ether oxygens (including phenoxy) is 4. The van der Waals surface area contributed by atoms with E-state index in [9.17, 15) is 19.5 Å². The molecule has 0 saturated carbocycles. The summed E-state index contributed by atoms with van der Waals surface area (Å²) in [6, 6.07) is -0.124. The van der Waals surface area contributed by atoms with Crippen molar-refractivity contribution in [2.75, 3.05) is 13.2 Å². The molecule has 3 saturated heterocycles. The third kappa shape index (κ3) is 10.6. The monoisotopic (exact) mass is 604 g/mol. The van der Waals surface area contributed by atoms with Gasteiger partial charge in [0.25, 0.3) is 0 Å². The van der Waals surface area contributed by atoms with Gasteiger partial charge in [0, 0.05) is 19.0 Å². The third-order valence-corrected chi connectivity index (χ3v) is 8.33. The predicted octanol–water partition coefficient (Wildman–Crippen LogP) is 3.52. The summed E-state index contributed by atoms with van der Waals surface area (Å²) < 4.78 is 23.3. The largest absolute Gasteiger partial charge is 0.458 e. The van der Waals surface area contributed by atoms with Gasteiger partial charge in [-0.3, -0.25) is 14.4 Å². The number of hydrogen-bond donors (Lipinski definition) is 3. The Kier molecular flexibility index (Phi) is 13.0. The Balaban J connectivity index is 1.48. The number of nitrogens with one attached hydrogen (secondary N) is 2. The van der Waals surface area contributed by atoms with E-state index >= 15 is 0 Å². The van der Waals surface area contributed by atoms with Crippen molar-refractivity contribution in [1.82, 2.24) is 10.6 Å². The van der Waals surface area contributed by atoms with Gasteiger partial charge in [0.2, 0.25) is 11.8 Å². The Morgan fingerprint density at radius 1 is 1.14 bits per heavy atom. The van der Waals surface area contributed by atoms with Crippen molar-refractivity contribution in [2.45, 2.75) is 129 Å². The second kappa shape index (κ2) is 16.0. The summed E-state index contributed by atoms with van der Waals surface area (Å²) in [4.78, 5) is 36.5. The molecule has 1 unspecified atom stereocenters. The van der Waals surface area contributed by atoms with Crippen molar-refractivity contribution in [3.8, 4) is 0 Å². The lowest BCUT2D eigenvalue weighted by Gasteiger charge is -2.39.